The molecular weight excluding hydrogens is 1280 g/mol. The molecule has 0 spiro atoms. The SMILES string of the molecule is CC(=O)CCCOCCOCCOCCCC(=S)Nc1ccc(-c2c3ccc(=O)cc-3oc3cc(O)ccc23)c(C(=O)O)c1.CC(=O)ON1C(=O)CCC1=O.NCCOCCOCCOCCCC(=S)Nc1ccc(-c2c3ccc(=O)cc-3oc3cc(O)ccc23)c(C(=O)O)c1. The van der Waals surface area contributed by atoms with E-state index >= 15 is 0 Å². The summed E-state index contributed by atoms with van der Waals surface area (Å²) in [5.41, 5.74) is 9.80. The Hall–Kier alpha value is -9.42. The number of aromatic carboxylic acids is 2. The fourth-order valence-corrected chi connectivity index (χ4v) is 10.4. The molecule has 1 saturated heterocycles. The van der Waals surface area contributed by atoms with E-state index in [0.29, 0.717) is 200 Å². The number of imide groups is 1. The van der Waals surface area contributed by atoms with Crippen molar-refractivity contribution in [3.05, 3.63) is 141 Å². The number of Topliss-reactive ketones (excluding diaryl/α,β-unsaturated/α-hetero) is 1. The summed E-state index contributed by atoms with van der Waals surface area (Å²) in [5.74, 6) is -3.13. The maximum atomic E-state index is 12.4. The second kappa shape index (κ2) is 37.6. The highest BCUT2D eigenvalue weighted by Gasteiger charge is 2.32. The molecular formula is C69H74N4O21S2. The molecule has 0 saturated carbocycles. The van der Waals surface area contributed by atoms with E-state index in [1.807, 2.05) is 0 Å². The predicted octanol–water partition coefficient (Wildman–Crippen LogP) is 10.0. The van der Waals surface area contributed by atoms with Crippen LogP contribution >= 0.6 is 24.4 Å². The molecule has 1 fully saturated rings. The first-order valence-corrected chi connectivity index (χ1v) is 31.5. The Kier molecular flexibility index (Phi) is 29.0. The molecule has 27 heteroatoms. The van der Waals surface area contributed by atoms with Crippen molar-refractivity contribution in [2.24, 2.45) is 5.73 Å². The Labute approximate surface area is 561 Å². The molecule has 5 aliphatic rings. The Bertz CT molecular complexity index is 4100. The van der Waals surface area contributed by atoms with E-state index in [1.54, 1.807) is 55.5 Å². The van der Waals surface area contributed by atoms with E-state index in [0.717, 1.165) is 13.3 Å². The summed E-state index contributed by atoms with van der Waals surface area (Å²) in [6.45, 7) is 9.02. The smallest absolute Gasteiger partial charge is 0.336 e. The average Bonchev–Trinajstić information content (AvgIpc) is 0.880. The van der Waals surface area contributed by atoms with Crippen LogP contribution in [-0.2, 0) is 52.4 Å². The minimum absolute atomic E-state index is 0.0146. The molecule has 4 aromatic rings. The van der Waals surface area contributed by atoms with Gasteiger partial charge in [-0.15, -0.1) is 5.06 Å². The lowest BCUT2D eigenvalue weighted by Gasteiger charge is -2.18. The third-order valence-corrected chi connectivity index (χ3v) is 14.8. The molecule has 4 aromatic carbocycles. The summed E-state index contributed by atoms with van der Waals surface area (Å²) in [6, 6.07) is 27.8. The van der Waals surface area contributed by atoms with Gasteiger partial charge >= 0.3 is 17.9 Å². The van der Waals surface area contributed by atoms with Gasteiger partial charge in [-0.25, -0.2) is 14.4 Å². The number of carbonyl (C=O) groups is 6. The van der Waals surface area contributed by atoms with Gasteiger partial charge in [0.2, 0.25) is 0 Å². The quantitative estimate of drug-likeness (QED) is 0.00870. The van der Waals surface area contributed by atoms with Crippen molar-refractivity contribution in [3.8, 4) is 56.4 Å². The second-order valence-corrected chi connectivity index (χ2v) is 22.5. The number of hydroxylamine groups is 2. The highest BCUT2D eigenvalue weighted by atomic mass is 32.1. The highest BCUT2D eigenvalue weighted by molar-refractivity contribution is 7.80. The minimum atomic E-state index is -1.13. The lowest BCUT2D eigenvalue weighted by Crippen LogP contribution is -2.30. The number of hydrogen-bond donors (Lipinski definition) is 7. The van der Waals surface area contributed by atoms with Gasteiger partial charge in [0.15, 0.2) is 10.9 Å². The minimum Gasteiger partial charge on any atom is -0.508 e. The Balaban J connectivity index is 0.000000234. The van der Waals surface area contributed by atoms with Crippen molar-refractivity contribution in [3.63, 3.8) is 0 Å². The van der Waals surface area contributed by atoms with Crippen molar-refractivity contribution in [2.75, 3.05) is 96.5 Å². The Morgan fingerprint density at radius 2 is 0.865 bits per heavy atom. The number of ketones is 1. The van der Waals surface area contributed by atoms with Crippen molar-refractivity contribution in [1.82, 2.24) is 5.06 Å². The molecule has 8 N–H and O–H groups in total. The number of nitrogens with one attached hydrogen (secondary N) is 2. The number of carboxylic acid groups (broad SMARTS) is 2. The molecule has 96 heavy (non-hydrogen) atoms. The maximum Gasteiger partial charge on any atom is 0.336 e. The van der Waals surface area contributed by atoms with Crippen LogP contribution in [0.5, 0.6) is 11.5 Å². The van der Waals surface area contributed by atoms with Gasteiger partial charge < -0.3 is 83.7 Å². The fraction of sp³-hybridized carbons (Fsp3) is 0.333. The number of anilines is 2. The summed E-state index contributed by atoms with van der Waals surface area (Å²) in [4.78, 5) is 97.0. The first kappa shape index (κ1) is 74.0. The van der Waals surface area contributed by atoms with Crippen LogP contribution in [0.25, 0.3) is 66.8 Å². The number of fused-ring (bicyclic) bond motifs is 4. The Morgan fingerprint density at radius 3 is 1.24 bits per heavy atom. The molecule has 0 aromatic heterocycles. The molecule has 3 aliphatic heterocycles. The normalized spacial score (nSPS) is 11.9. The van der Waals surface area contributed by atoms with Crippen LogP contribution in [0, 0.1) is 0 Å². The number of phenols is 2. The van der Waals surface area contributed by atoms with Crippen molar-refractivity contribution in [1.29, 1.82) is 0 Å². The number of aromatic hydroxyl groups is 2. The van der Waals surface area contributed by atoms with E-state index in [-0.39, 0.29) is 63.6 Å². The summed E-state index contributed by atoms with van der Waals surface area (Å²) < 4.78 is 44.4. The van der Waals surface area contributed by atoms with Crippen molar-refractivity contribution < 1.29 is 91.3 Å². The number of thiocarbonyl (C=S) groups is 2. The topological polar surface area (TPSA) is 362 Å². The number of phenolic OH excluding ortho intramolecular Hbond substituents is 2. The molecule has 0 radical (unpaired) electrons. The maximum absolute atomic E-state index is 12.4. The largest absolute Gasteiger partial charge is 0.508 e. The van der Waals surface area contributed by atoms with Crippen LogP contribution in [0.15, 0.2) is 128 Å². The van der Waals surface area contributed by atoms with E-state index in [2.05, 4.69) is 15.5 Å². The molecule has 25 nitrogen and oxygen atoms in total. The fourth-order valence-electron chi connectivity index (χ4n) is 9.83. The molecule has 9 rings (SSSR count). The van der Waals surface area contributed by atoms with Crippen LogP contribution in [0.3, 0.4) is 0 Å². The third-order valence-electron chi connectivity index (χ3n) is 14.1. The summed E-state index contributed by atoms with van der Waals surface area (Å²) in [5, 5.41) is 48.2. The molecule has 508 valence electrons. The number of carboxylic acids is 2. The lowest BCUT2D eigenvalue weighted by atomic mass is 9.90. The van der Waals surface area contributed by atoms with Gasteiger partial charge in [-0.1, -0.05) is 36.6 Å². The average molecular weight is 1360 g/mol. The van der Waals surface area contributed by atoms with E-state index < -0.39 is 29.7 Å². The number of nitrogens with zero attached hydrogens (tertiary/aromatic N) is 1. The van der Waals surface area contributed by atoms with Gasteiger partial charge in [-0.3, -0.25) is 19.2 Å². The molecule has 0 unspecified atom stereocenters. The van der Waals surface area contributed by atoms with Crippen molar-refractivity contribution in [2.45, 2.75) is 65.2 Å². The number of amides is 2. The highest BCUT2D eigenvalue weighted by Crippen LogP contribution is 2.44. The van der Waals surface area contributed by atoms with Gasteiger partial charge in [0.25, 0.3) is 11.8 Å². The van der Waals surface area contributed by atoms with Crippen LogP contribution in [-0.4, -0.2) is 157 Å². The number of ether oxygens (including phenoxy) is 6. The zero-order valence-electron chi connectivity index (χ0n) is 52.8. The van der Waals surface area contributed by atoms with E-state index in [9.17, 15) is 58.8 Å². The standard InChI is InChI=1S/C33H35NO9S.C30H32N2O8S.C6H7NO4/c1-21(35)4-2-12-40-14-16-42-17-15-41-13-3-5-31(44)34-22-6-9-25(28(18-22)33(38)39)32-26-10-7-23(36)19-29(26)43-30-20-24(37)8-11-27(30)32;31-9-11-38-13-15-39-14-12-37-10-1-2-28(41)32-19-3-6-22(25(16-19)30(35)36)29-23-7-4-20(33)17-26(23)40-27-18-21(34)5-8-24(27)29;1-4(8)11-7-5(9)2-3-6(7)10/h6-11,18-20,36H,2-5,12-17H2,1H3,(H,34,44)(H,38,39);3-8,16-18,33H,1-2,9-15,31H2,(H,32,41)(H,35,36);2-3H2,1H3. The second-order valence-electron chi connectivity index (χ2n) is 21.5. The Morgan fingerprint density at radius 1 is 0.490 bits per heavy atom. The summed E-state index contributed by atoms with van der Waals surface area (Å²) in [7, 11) is 0. The van der Waals surface area contributed by atoms with Crippen LogP contribution in [0.1, 0.15) is 85.9 Å². The number of rotatable bonds is 33. The van der Waals surface area contributed by atoms with Gasteiger partial charge in [0, 0.05) is 134 Å². The molecule has 0 atom stereocenters. The molecule has 3 heterocycles. The summed E-state index contributed by atoms with van der Waals surface area (Å²) >= 11 is 10.9. The van der Waals surface area contributed by atoms with Gasteiger partial charge in [0.1, 0.15) is 40.0 Å². The molecule has 2 amide bonds. The number of benzene rings is 6. The van der Waals surface area contributed by atoms with Crippen molar-refractivity contribution >= 4 is 103 Å². The van der Waals surface area contributed by atoms with E-state index in [1.165, 1.54) is 60.7 Å². The lowest BCUT2D eigenvalue weighted by molar-refractivity contribution is -0.195. The molecule has 2 aliphatic carbocycles. The van der Waals surface area contributed by atoms with Crippen LogP contribution < -0.4 is 27.2 Å². The van der Waals surface area contributed by atoms with Gasteiger partial charge in [0.05, 0.1) is 80.6 Å². The van der Waals surface area contributed by atoms with Crippen LogP contribution in [0.4, 0.5) is 11.4 Å². The van der Waals surface area contributed by atoms with Crippen LogP contribution in [0.2, 0.25) is 0 Å². The number of nitrogens with two attached hydrogens (primary N) is 1. The summed E-state index contributed by atoms with van der Waals surface area (Å²) in [6.07, 6.45) is 3.98. The predicted molar refractivity (Wildman–Crippen MR) is 364 cm³/mol. The first-order chi connectivity index (χ1) is 46.2. The first-order valence-electron chi connectivity index (χ1n) is 30.7. The monoisotopic (exact) mass is 1360 g/mol. The third kappa shape index (κ3) is 22.4. The molecule has 0 bridgehead atoms. The van der Waals surface area contributed by atoms with Gasteiger partial charge in [-0.2, -0.15) is 0 Å². The van der Waals surface area contributed by atoms with E-state index in [4.69, 9.17) is 67.4 Å². The number of carbonyl (C=O) groups excluding carboxylic acids is 4. The number of hydrogen-bond acceptors (Lipinski definition) is 22. The van der Waals surface area contributed by atoms with Gasteiger partial charge in [-0.05, 0) is 110 Å². The zero-order chi connectivity index (χ0) is 69.1. The zero-order valence-corrected chi connectivity index (χ0v) is 54.4.